The van der Waals surface area contributed by atoms with Gasteiger partial charge in [0.15, 0.2) is 5.78 Å². The van der Waals surface area contributed by atoms with Crippen molar-refractivity contribution in [3.05, 3.63) is 48.2 Å². The Morgan fingerprint density at radius 1 is 1.24 bits per heavy atom. The average Bonchev–Trinajstić information content (AvgIpc) is 2.74. The summed E-state index contributed by atoms with van der Waals surface area (Å²) in [6, 6.07) is 10.3. The SMILES string of the molecule is O=C1C=CO[C@H]2CN(Cc3ccccc3)C[C@@H]12. The van der Waals surface area contributed by atoms with Gasteiger partial charge < -0.3 is 4.74 Å². The van der Waals surface area contributed by atoms with Crippen molar-refractivity contribution in [2.75, 3.05) is 13.1 Å². The van der Waals surface area contributed by atoms with Crippen LogP contribution in [-0.4, -0.2) is 29.9 Å². The summed E-state index contributed by atoms with van der Waals surface area (Å²) in [5, 5.41) is 0. The predicted octanol–water partition coefficient (Wildman–Crippen LogP) is 1.60. The molecule has 3 nitrogen and oxygen atoms in total. The summed E-state index contributed by atoms with van der Waals surface area (Å²) < 4.78 is 5.50. The molecule has 0 aromatic heterocycles. The van der Waals surface area contributed by atoms with Crippen LogP contribution in [0, 0.1) is 5.92 Å². The number of rotatable bonds is 2. The number of likely N-dealkylation sites (tertiary alicyclic amines) is 1. The largest absolute Gasteiger partial charge is 0.496 e. The first-order valence-electron chi connectivity index (χ1n) is 5.95. The Morgan fingerprint density at radius 3 is 2.82 bits per heavy atom. The van der Waals surface area contributed by atoms with Gasteiger partial charge in [-0.25, -0.2) is 0 Å². The second kappa shape index (κ2) is 4.34. The molecule has 1 saturated heterocycles. The number of ether oxygens (including phenoxy) is 1. The van der Waals surface area contributed by atoms with E-state index in [1.54, 1.807) is 6.08 Å². The highest BCUT2D eigenvalue weighted by Gasteiger charge is 2.39. The zero-order chi connectivity index (χ0) is 11.7. The van der Waals surface area contributed by atoms with Gasteiger partial charge in [-0.1, -0.05) is 30.3 Å². The van der Waals surface area contributed by atoms with Gasteiger partial charge >= 0.3 is 0 Å². The third kappa shape index (κ3) is 2.11. The fraction of sp³-hybridized carbons (Fsp3) is 0.357. The smallest absolute Gasteiger partial charge is 0.166 e. The topological polar surface area (TPSA) is 29.5 Å². The highest BCUT2D eigenvalue weighted by atomic mass is 16.5. The Hall–Kier alpha value is -1.61. The lowest BCUT2D eigenvalue weighted by atomic mass is 9.99. The molecule has 1 aromatic carbocycles. The molecule has 1 fully saturated rings. The number of ketones is 1. The quantitative estimate of drug-likeness (QED) is 0.771. The maximum atomic E-state index is 11.7. The van der Waals surface area contributed by atoms with Crippen molar-refractivity contribution in [1.82, 2.24) is 4.90 Å². The molecule has 2 heterocycles. The minimum Gasteiger partial charge on any atom is -0.496 e. The van der Waals surface area contributed by atoms with Crippen LogP contribution in [0.1, 0.15) is 5.56 Å². The van der Waals surface area contributed by atoms with E-state index in [2.05, 4.69) is 17.0 Å². The van der Waals surface area contributed by atoms with Crippen molar-refractivity contribution < 1.29 is 9.53 Å². The molecule has 0 aliphatic carbocycles. The number of nitrogens with zero attached hydrogens (tertiary/aromatic N) is 1. The maximum Gasteiger partial charge on any atom is 0.166 e. The first-order chi connectivity index (χ1) is 8.33. The normalized spacial score (nSPS) is 27.9. The van der Waals surface area contributed by atoms with Gasteiger partial charge in [0.2, 0.25) is 0 Å². The zero-order valence-corrected chi connectivity index (χ0v) is 9.58. The van der Waals surface area contributed by atoms with E-state index in [0.29, 0.717) is 0 Å². The van der Waals surface area contributed by atoms with Crippen molar-refractivity contribution in [2.24, 2.45) is 5.92 Å². The Labute approximate surface area is 101 Å². The molecule has 17 heavy (non-hydrogen) atoms. The molecular weight excluding hydrogens is 214 g/mol. The van der Waals surface area contributed by atoms with Crippen LogP contribution in [0.25, 0.3) is 0 Å². The van der Waals surface area contributed by atoms with Crippen LogP contribution in [0.2, 0.25) is 0 Å². The van der Waals surface area contributed by atoms with Crippen LogP contribution in [0.15, 0.2) is 42.7 Å². The summed E-state index contributed by atoms with van der Waals surface area (Å²) in [6.45, 7) is 2.54. The summed E-state index contributed by atoms with van der Waals surface area (Å²) in [7, 11) is 0. The molecule has 2 atom stereocenters. The third-order valence-electron chi connectivity index (χ3n) is 3.44. The lowest BCUT2D eigenvalue weighted by Crippen LogP contribution is -2.29. The van der Waals surface area contributed by atoms with E-state index in [9.17, 15) is 4.79 Å². The van der Waals surface area contributed by atoms with Gasteiger partial charge in [0, 0.05) is 25.7 Å². The third-order valence-corrected chi connectivity index (χ3v) is 3.44. The monoisotopic (exact) mass is 229 g/mol. The molecule has 0 unspecified atom stereocenters. The first kappa shape index (κ1) is 10.5. The Morgan fingerprint density at radius 2 is 2.06 bits per heavy atom. The summed E-state index contributed by atoms with van der Waals surface area (Å²) in [4.78, 5) is 14.0. The predicted molar refractivity (Wildman–Crippen MR) is 64.2 cm³/mol. The van der Waals surface area contributed by atoms with Gasteiger partial charge in [-0.05, 0) is 5.56 Å². The molecule has 0 radical (unpaired) electrons. The molecule has 3 heteroatoms. The molecule has 0 spiro atoms. The number of fused-ring (bicyclic) bond motifs is 1. The van der Waals surface area contributed by atoms with Gasteiger partial charge in [-0.3, -0.25) is 9.69 Å². The molecule has 0 amide bonds. The van der Waals surface area contributed by atoms with Gasteiger partial charge in [-0.2, -0.15) is 0 Å². The maximum absolute atomic E-state index is 11.7. The van der Waals surface area contributed by atoms with E-state index in [4.69, 9.17) is 4.74 Å². The minimum atomic E-state index is 0.0312. The molecule has 2 aliphatic rings. The van der Waals surface area contributed by atoms with Crippen LogP contribution in [0.5, 0.6) is 0 Å². The molecular formula is C14H15NO2. The van der Waals surface area contributed by atoms with Gasteiger partial charge in [0.1, 0.15) is 6.10 Å². The average molecular weight is 229 g/mol. The number of hydrogen-bond acceptors (Lipinski definition) is 3. The molecule has 88 valence electrons. The van der Waals surface area contributed by atoms with Crippen LogP contribution < -0.4 is 0 Å². The second-order valence-corrected chi connectivity index (χ2v) is 4.67. The summed E-state index contributed by atoms with van der Waals surface area (Å²) in [5.41, 5.74) is 1.28. The number of carbonyl (C=O) groups excluding carboxylic acids is 1. The van der Waals surface area contributed by atoms with E-state index in [0.717, 1.165) is 19.6 Å². The summed E-state index contributed by atoms with van der Waals surface area (Å²) >= 11 is 0. The summed E-state index contributed by atoms with van der Waals surface area (Å²) in [6.07, 6.45) is 3.14. The Balaban J connectivity index is 1.67. The molecule has 0 saturated carbocycles. The van der Waals surface area contributed by atoms with E-state index in [-0.39, 0.29) is 17.8 Å². The van der Waals surface area contributed by atoms with Gasteiger partial charge in [-0.15, -0.1) is 0 Å². The fourth-order valence-electron chi connectivity index (χ4n) is 2.56. The Kier molecular flexibility index (Phi) is 2.69. The fourth-order valence-corrected chi connectivity index (χ4v) is 2.56. The molecule has 1 aromatic rings. The van der Waals surface area contributed by atoms with Crippen LogP contribution in [-0.2, 0) is 16.1 Å². The summed E-state index contributed by atoms with van der Waals surface area (Å²) in [5.74, 6) is 0.237. The number of allylic oxidation sites excluding steroid dienone is 1. The number of hydrogen-bond donors (Lipinski definition) is 0. The van der Waals surface area contributed by atoms with Crippen LogP contribution in [0.4, 0.5) is 0 Å². The van der Waals surface area contributed by atoms with Crippen molar-refractivity contribution in [1.29, 1.82) is 0 Å². The van der Waals surface area contributed by atoms with Crippen molar-refractivity contribution in [3.8, 4) is 0 Å². The number of benzene rings is 1. The van der Waals surface area contributed by atoms with Gasteiger partial charge in [0.25, 0.3) is 0 Å². The zero-order valence-electron chi connectivity index (χ0n) is 9.58. The lowest BCUT2D eigenvalue weighted by molar-refractivity contribution is -0.121. The minimum absolute atomic E-state index is 0.0312. The van der Waals surface area contributed by atoms with Crippen molar-refractivity contribution >= 4 is 5.78 Å². The molecule has 0 bridgehead atoms. The molecule has 0 N–H and O–H groups in total. The van der Waals surface area contributed by atoms with Crippen molar-refractivity contribution in [3.63, 3.8) is 0 Å². The highest BCUT2D eigenvalue weighted by Crippen LogP contribution is 2.25. The van der Waals surface area contributed by atoms with E-state index in [1.807, 2.05) is 18.2 Å². The van der Waals surface area contributed by atoms with Gasteiger partial charge in [0.05, 0.1) is 12.2 Å². The van der Waals surface area contributed by atoms with Crippen molar-refractivity contribution in [2.45, 2.75) is 12.6 Å². The van der Waals surface area contributed by atoms with Crippen LogP contribution >= 0.6 is 0 Å². The van der Waals surface area contributed by atoms with E-state index in [1.165, 1.54) is 11.8 Å². The second-order valence-electron chi connectivity index (χ2n) is 4.67. The lowest BCUT2D eigenvalue weighted by Gasteiger charge is -2.18. The molecule has 3 rings (SSSR count). The Bertz CT molecular complexity index is 441. The van der Waals surface area contributed by atoms with Crippen LogP contribution in [0.3, 0.4) is 0 Å². The number of carbonyl (C=O) groups is 1. The standard InChI is InChI=1S/C14H15NO2/c16-13-6-7-17-14-10-15(9-12(13)14)8-11-4-2-1-3-5-11/h1-7,12,14H,8-10H2/t12-,14-/m0/s1. The van der Waals surface area contributed by atoms with E-state index < -0.39 is 0 Å². The first-order valence-corrected chi connectivity index (χ1v) is 5.95. The molecule has 2 aliphatic heterocycles. The van der Waals surface area contributed by atoms with E-state index >= 15 is 0 Å². The highest BCUT2D eigenvalue weighted by molar-refractivity contribution is 5.93.